The second-order valence-corrected chi connectivity index (χ2v) is 21.6. The van der Waals surface area contributed by atoms with Crippen LogP contribution >= 0.6 is 0 Å². The minimum Gasteiger partial charge on any atom is -0.457 e. The number of hydrogen-bond acceptors (Lipinski definition) is 5. The number of pyridine rings is 1. The minimum absolute atomic E-state index is 0.0167. The van der Waals surface area contributed by atoms with Gasteiger partial charge in [-0.25, -0.2) is 4.98 Å². The number of fused-ring (bicyclic) bond motifs is 4. The molecule has 6 nitrogen and oxygen atoms in total. The summed E-state index contributed by atoms with van der Waals surface area (Å²) in [4.78, 5) is 9.75. The number of ether oxygens (including phenoxy) is 2. The van der Waals surface area contributed by atoms with E-state index in [-0.39, 0.29) is 21.7 Å². The van der Waals surface area contributed by atoms with Crippen molar-refractivity contribution in [3.05, 3.63) is 168 Å². The van der Waals surface area contributed by atoms with Crippen LogP contribution in [0.2, 0.25) is 0 Å². The van der Waals surface area contributed by atoms with E-state index in [0.717, 1.165) is 56.3 Å². The van der Waals surface area contributed by atoms with Crippen LogP contribution < -0.4 is 19.3 Å². The molecule has 0 atom stereocenters. The molecule has 0 N–H and O–H groups in total. The molecule has 9 rings (SSSR count). The number of para-hydroxylation sites is 3. The largest absolute Gasteiger partial charge is 0.457 e. The second kappa shape index (κ2) is 15.6. The Morgan fingerprint density at radius 2 is 0.922 bits per heavy atom. The van der Waals surface area contributed by atoms with Gasteiger partial charge in [-0.15, -0.1) is 0 Å². The van der Waals surface area contributed by atoms with Crippen LogP contribution in [0.3, 0.4) is 0 Å². The Labute approximate surface area is 380 Å². The monoisotopic (exact) mass is 846 g/mol. The molecular formula is C58H62N4O2. The van der Waals surface area contributed by atoms with Gasteiger partial charge in [0.2, 0.25) is 0 Å². The molecular weight excluding hydrogens is 785 g/mol. The predicted molar refractivity (Wildman–Crippen MR) is 268 cm³/mol. The first kappa shape index (κ1) is 42.8. The number of anilines is 4. The second-order valence-electron chi connectivity index (χ2n) is 21.6. The number of aromatic nitrogens is 2. The summed E-state index contributed by atoms with van der Waals surface area (Å²) in [5.74, 6) is 3.83. The summed E-state index contributed by atoms with van der Waals surface area (Å²) < 4.78 is 15.6. The van der Waals surface area contributed by atoms with Gasteiger partial charge < -0.3 is 19.3 Å². The predicted octanol–water partition coefficient (Wildman–Crippen LogP) is 16.2. The highest BCUT2D eigenvalue weighted by Gasteiger charge is 2.30. The molecule has 3 heterocycles. The SMILES string of the molecule is CC(C)(C)c1cc(Oc2ccnc(-n3c4ccccc4c4ccc(Oc5cccc(N6CN(c7cc(C(C)(C)C)cc(C(C)(C)C)c7)c7ccccc76)c5)cc43)c2)cc(C(C)(C)C)c1. The maximum atomic E-state index is 6.76. The van der Waals surface area contributed by atoms with Crippen molar-refractivity contribution < 1.29 is 9.47 Å². The molecule has 0 spiro atoms. The summed E-state index contributed by atoms with van der Waals surface area (Å²) >= 11 is 0. The average molecular weight is 847 g/mol. The summed E-state index contributed by atoms with van der Waals surface area (Å²) in [6.45, 7) is 27.9. The lowest BCUT2D eigenvalue weighted by atomic mass is 9.80. The van der Waals surface area contributed by atoms with Crippen LogP contribution in [0.15, 0.2) is 146 Å². The molecule has 326 valence electrons. The molecule has 0 fully saturated rings. The fourth-order valence-corrected chi connectivity index (χ4v) is 8.65. The Balaban J connectivity index is 1.05. The summed E-state index contributed by atoms with van der Waals surface area (Å²) in [7, 11) is 0. The minimum atomic E-state index is -0.0243. The Morgan fingerprint density at radius 1 is 0.406 bits per heavy atom. The summed E-state index contributed by atoms with van der Waals surface area (Å²) in [6.07, 6.45) is 1.83. The van der Waals surface area contributed by atoms with Crippen molar-refractivity contribution in [3.63, 3.8) is 0 Å². The summed E-state index contributed by atoms with van der Waals surface area (Å²) in [5.41, 5.74) is 11.8. The highest BCUT2D eigenvalue weighted by Crippen LogP contribution is 2.47. The van der Waals surface area contributed by atoms with Crippen LogP contribution in [-0.2, 0) is 21.7 Å². The molecule has 6 aromatic carbocycles. The first-order chi connectivity index (χ1) is 30.2. The quantitative estimate of drug-likeness (QED) is 0.160. The molecule has 0 bridgehead atoms. The number of nitrogens with zero attached hydrogens (tertiary/aromatic N) is 4. The molecule has 8 aromatic rings. The Hall–Kier alpha value is -6.53. The highest BCUT2D eigenvalue weighted by atomic mass is 16.5. The van der Waals surface area contributed by atoms with Gasteiger partial charge in [0.15, 0.2) is 0 Å². The first-order valence-electron chi connectivity index (χ1n) is 22.6. The van der Waals surface area contributed by atoms with E-state index in [2.05, 4.69) is 219 Å². The molecule has 0 aliphatic carbocycles. The highest BCUT2D eigenvalue weighted by molar-refractivity contribution is 6.09. The van der Waals surface area contributed by atoms with Gasteiger partial charge in [-0.05, 0) is 117 Å². The molecule has 0 saturated carbocycles. The molecule has 1 aliphatic heterocycles. The standard InChI is InChI=1S/C58H62N4O2/c1-55(2,3)38-28-39(56(4,5)6)31-43(30-38)61-37-60(51-22-15-16-23-52(51)61)42-18-17-19-44(34-42)63-45-24-25-49-48-20-13-14-21-50(48)62(53(49)35-45)54-36-46(26-27-59-54)64-47-32-40(57(7,8)9)29-41(33-47)58(10,11)12/h13-36H,37H2,1-12H3. The van der Waals surface area contributed by atoms with Crippen LogP contribution in [0.25, 0.3) is 27.6 Å². The summed E-state index contributed by atoms with van der Waals surface area (Å²) in [5, 5.41) is 2.27. The van der Waals surface area contributed by atoms with Crippen molar-refractivity contribution in [2.24, 2.45) is 0 Å². The topological polar surface area (TPSA) is 42.8 Å². The van der Waals surface area contributed by atoms with Crippen LogP contribution in [0.4, 0.5) is 22.7 Å². The van der Waals surface area contributed by atoms with E-state index >= 15 is 0 Å². The molecule has 0 amide bonds. The van der Waals surface area contributed by atoms with Crippen LogP contribution in [-0.4, -0.2) is 16.2 Å². The Kier molecular flexibility index (Phi) is 10.4. The van der Waals surface area contributed by atoms with Gasteiger partial charge in [0.05, 0.1) is 22.4 Å². The molecule has 0 radical (unpaired) electrons. The molecule has 6 heteroatoms. The zero-order chi connectivity index (χ0) is 45.3. The smallest absolute Gasteiger partial charge is 0.141 e. The zero-order valence-corrected chi connectivity index (χ0v) is 39.7. The van der Waals surface area contributed by atoms with E-state index in [0.29, 0.717) is 6.67 Å². The lowest BCUT2D eigenvalue weighted by Crippen LogP contribution is -2.25. The van der Waals surface area contributed by atoms with Crippen LogP contribution in [0.5, 0.6) is 23.0 Å². The van der Waals surface area contributed by atoms with E-state index in [1.54, 1.807) is 0 Å². The Bertz CT molecular complexity index is 2980. The van der Waals surface area contributed by atoms with Crippen molar-refractivity contribution in [2.45, 2.75) is 105 Å². The van der Waals surface area contributed by atoms with E-state index in [9.17, 15) is 0 Å². The third-order valence-corrected chi connectivity index (χ3v) is 12.5. The molecule has 64 heavy (non-hydrogen) atoms. The fourth-order valence-electron chi connectivity index (χ4n) is 8.65. The van der Waals surface area contributed by atoms with Gasteiger partial charge in [-0.3, -0.25) is 4.57 Å². The normalized spacial score (nSPS) is 13.5. The maximum absolute atomic E-state index is 6.76. The van der Waals surface area contributed by atoms with Crippen molar-refractivity contribution in [1.29, 1.82) is 0 Å². The maximum Gasteiger partial charge on any atom is 0.141 e. The first-order valence-corrected chi connectivity index (χ1v) is 22.6. The third-order valence-electron chi connectivity index (χ3n) is 12.5. The lowest BCUT2D eigenvalue weighted by molar-refractivity contribution is 0.472. The van der Waals surface area contributed by atoms with Crippen LogP contribution in [0.1, 0.15) is 105 Å². The van der Waals surface area contributed by atoms with E-state index in [1.165, 1.54) is 39.3 Å². The van der Waals surface area contributed by atoms with Crippen LogP contribution in [0, 0.1) is 0 Å². The number of hydrogen-bond donors (Lipinski definition) is 0. The Morgan fingerprint density at radius 3 is 1.55 bits per heavy atom. The fraction of sp³-hybridized carbons (Fsp3) is 0.293. The van der Waals surface area contributed by atoms with Gasteiger partial charge in [0, 0.05) is 46.5 Å². The average Bonchev–Trinajstić information content (AvgIpc) is 3.79. The van der Waals surface area contributed by atoms with Gasteiger partial charge in [0.25, 0.3) is 0 Å². The molecule has 1 aliphatic rings. The number of benzene rings is 6. The molecule has 2 aromatic heterocycles. The number of rotatable bonds is 7. The van der Waals surface area contributed by atoms with E-state index in [4.69, 9.17) is 14.5 Å². The summed E-state index contributed by atoms with van der Waals surface area (Å²) in [6, 6.07) is 49.7. The zero-order valence-electron chi connectivity index (χ0n) is 39.7. The molecule has 0 saturated heterocycles. The van der Waals surface area contributed by atoms with Crippen molar-refractivity contribution in [1.82, 2.24) is 9.55 Å². The van der Waals surface area contributed by atoms with Gasteiger partial charge >= 0.3 is 0 Å². The van der Waals surface area contributed by atoms with Gasteiger partial charge in [0.1, 0.15) is 35.5 Å². The van der Waals surface area contributed by atoms with Gasteiger partial charge in [-0.2, -0.15) is 0 Å². The van der Waals surface area contributed by atoms with E-state index < -0.39 is 0 Å². The van der Waals surface area contributed by atoms with E-state index in [1.807, 2.05) is 24.4 Å². The molecule has 0 unspecified atom stereocenters. The third kappa shape index (κ3) is 8.34. The van der Waals surface area contributed by atoms with Crippen molar-refractivity contribution >= 4 is 44.6 Å². The lowest BCUT2D eigenvalue weighted by Gasteiger charge is -2.29. The van der Waals surface area contributed by atoms with Crippen molar-refractivity contribution in [2.75, 3.05) is 16.5 Å². The van der Waals surface area contributed by atoms with Crippen molar-refractivity contribution in [3.8, 4) is 28.8 Å². The van der Waals surface area contributed by atoms with Gasteiger partial charge in [-0.1, -0.05) is 132 Å².